The van der Waals surface area contributed by atoms with Crippen molar-refractivity contribution in [1.82, 2.24) is 25.2 Å². The lowest BCUT2D eigenvalue weighted by atomic mass is 10.2. The molecule has 0 atom stereocenters. The Balaban J connectivity index is 2.10. The zero-order chi connectivity index (χ0) is 15.0. The molecule has 0 unspecified atom stereocenters. The van der Waals surface area contributed by atoms with Crippen LogP contribution in [-0.2, 0) is 27.5 Å². The van der Waals surface area contributed by atoms with Crippen LogP contribution in [0.25, 0.3) is 0 Å². The van der Waals surface area contributed by atoms with Crippen molar-refractivity contribution in [2.45, 2.75) is 38.5 Å². The molecule has 0 N–H and O–H groups in total. The molecule has 2 aromatic rings. The van der Waals surface area contributed by atoms with Gasteiger partial charge in [0.25, 0.3) is 0 Å². The van der Waals surface area contributed by atoms with Crippen LogP contribution >= 0.6 is 11.3 Å². The fourth-order valence-corrected chi connectivity index (χ4v) is 2.54. The Hall–Kier alpha value is -1.35. The molecule has 0 aliphatic heterocycles. The number of hydrogen-bond acceptors (Lipinski definition) is 7. The van der Waals surface area contributed by atoms with Gasteiger partial charge in [-0.15, -0.1) is 21.5 Å². The largest absolute Gasteiger partial charge is 0.247 e. The summed E-state index contributed by atoms with van der Waals surface area (Å²) in [6.45, 7) is 5.63. The van der Waals surface area contributed by atoms with Gasteiger partial charge in [-0.1, -0.05) is 0 Å². The van der Waals surface area contributed by atoms with Gasteiger partial charge in [0.05, 0.1) is 17.2 Å². The van der Waals surface area contributed by atoms with E-state index in [0.29, 0.717) is 13.0 Å². The van der Waals surface area contributed by atoms with Crippen molar-refractivity contribution < 1.29 is 8.42 Å². The van der Waals surface area contributed by atoms with E-state index in [2.05, 4.69) is 20.4 Å². The quantitative estimate of drug-likeness (QED) is 0.816. The van der Waals surface area contributed by atoms with Crippen molar-refractivity contribution in [2.24, 2.45) is 0 Å². The van der Waals surface area contributed by atoms with Crippen LogP contribution in [0.4, 0.5) is 0 Å². The summed E-state index contributed by atoms with van der Waals surface area (Å²) in [6.07, 6.45) is 1.87. The molecule has 110 valence electrons. The van der Waals surface area contributed by atoms with Crippen LogP contribution in [0, 0.1) is 6.92 Å². The summed E-state index contributed by atoms with van der Waals surface area (Å²) in [5.41, 5.74) is 0.980. The van der Waals surface area contributed by atoms with Gasteiger partial charge in [0.1, 0.15) is 4.75 Å². The molecular formula is C11H17N5O2S2. The minimum atomic E-state index is -3.29. The number of sulfone groups is 1. The molecule has 0 amide bonds. The smallest absolute Gasteiger partial charge is 0.195 e. The number of aryl methyl sites for hydroxylation is 3. The third-order valence-corrected chi connectivity index (χ3v) is 6.01. The number of rotatable bonds is 5. The van der Waals surface area contributed by atoms with Gasteiger partial charge in [-0.3, -0.25) is 0 Å². The summed E-state index contributed by atoms with van der Waals surface area (Å²) >= 11 is 1.60. The monoisotopic (exact) mass is 315 g/mol. The molecule has 0 aromatic carbocycles. The third kappa shape index (κ3) is 3.04. The number of thiazole rings is 1. The highest BCUT2D eigenvalue weighted by Gasteiger charge is 2.36. The first-order valence-electron chi connectivity index (χ1n) is 6.09. The molecule has 20 heavy (non-hydrogen) atoms. The van der Waals surface area contributed by atoms with Crippen LogP contribution < -0.4 is 0 Å². The highest BCUT2D eigenvalue weighted by molar-refractivity contribution is 7.91. The van der Waals surface area contributed by atoms with Crippen molar-refractivity contribution in [3.05, 3.63) is 21.9 Å². The van der Waals surface area contributed by atoms with E-state index in [1.54, 1.807) is 25.2 Å². The maximum Gasteiger partial charge on any atom is 0.195 e. The third-order valence-electron chi connectivity index (χ3n) is 3.15. The average Bonchev–Trinajstić information content (AvgIpc) is 2.93. The molecule has 9 heteroatoms. The lowest BCUT2D eigenvalue weighted by molar-refractivity contribution is 0.511. The van der Waals surface area contributed by atoms with E-state index in [9.17, 15) is 8.42 Å². The van der Waals surface area contributed by atoms with Gasteiger partial charge >= 0.3 is 0 Å². The Morgan fingerprint density at radius 2 is 2.10 bits per heavy atom. The fraction of sp³-hybridized carbons (Fsp3) is 0.636. The number of hydrogen-bond donors (Lipinski definition) is 0. The van der Waals surface area contributed by atoms with Crippen molar-refractivity contribution in [1.29, 1.82) is 0 Å². The first-order chi connectivity index (χ1) is 9.20. The Labute approximate surface area is 122 Å². The topological polar surface area (TPSA) is 90.6 Å². The van der Waals surface area contributed by atoms with Crippen molar-refractivity contribution in [2.75, 3.05) is 6.26 Å². The zero-order valence-electron chi connectivity index (χ0n) is 11.9. The molecule has 2 rings (SSSR count). The van der Waals surface area contributed by atoms with Crippen LogP contribution in [0.1, 0.15) is 30.4 Å². The Morgan fingerprint density at radius 3 is 2.65 bits per heavy atom. The predicted molar refractivity (Wildman–Crippen MR) is 76.2 cm³/mol. The van der Waals surface area contributed by atoms with Crippen molar-refractivity contribution in [3.8, 4) is 0 Å². The average molecular weight is 315 g/mol. The molecule has 0 aliphatic carbocycles. The maximum absolute atomic E-state index is 11.7. The standard InChI is InChI=1S/C11H17N5O2S2/c1-8-12-9(7-19-8)5-6-16-14-10(13-15-16)11(2,3)20(4,17)18/h7H,5-6H2,1-4H3. The van der Waals surface area contributed by atoms with E-state index in [1.807, 2.05) is 12.3 Å². The summed E-state index contributed by atoms with van der Waals surface area (Å²) < 4.78 is 22.3. The van der Waals surface area contributed by atoms with Crippen molar-refractivity contribution in [3.63, 3.8) is 0 Å². The summed E-state index contributed by atoms with van der Waals surface area (Å²) in [5, 5.41) is 14.9. The Morgan fingerprint density at radius 1 is 1.40 bits per heavy atom. The molecule has 0 saturated carbocycles. The summed E-state index contributed by atoms with van der Waals surface area (Å²) in [7, 11) is -3.29. The molecule has 2 heterocycles. The molecule has 0 radical (unpaired) electrons. The van der Waals surface area contributed by atoms with Crippen LogP contribution in [0.5, 0.6) is 0 Å². The van der Waals surface area contributed by atoms with Gasteiger partial charge in [0, 0.05) is 18.1 Å². The molecule has 0 spiro atoms. The molecule has 7 nitrogen and oxygen atoms in total. The summed E-state index contributed by atoms with van der Waals surface area (Å²) in [4.78, 5) is 5.77. The van der Waals surface area contributed by atoms with Crippen LogP contribution in [0.2, 0.25) is 0 Å². The number of nitrogens with zero attached hydrogens (tertiary/aromatic N) is 5. The minimum Gasteiger partial charge on any atom is -0.247 e. The summed E-state index contributed by atoms with van der Waals surface area (Å²) in [5.74, 6) is 0.217. The van der Waals surface area contributed by atoms with Crippen LogP contribution in [-0.4, -0.2) is 39.9 Å². The van der Waals surface area contributed by atoms with Gasteiger partial charge < -0.3 is 0 Å². The molecular weight excluding hydrogens is 298 g/mol. The van der Waals surface area contributed by atoms with E-state index < -0.39 is 14.6 Å². The number of tetrazole rings is 1. The maximum atomic E-state index is 11.7. The van der Waals surface area contributed by atoms with E-state index in [0.717, 1.165) is 10.7 Å². The molecule has 0 aliphatic rings. The normalized spacial score (nSPS) is 12.8. The molecule has 2 aromatic heterocycles. The second kappa shape index (κ2) is 5.21. The summed E-state index contributed by atoms with van der Waals surface area (Å²) in [6, 6.07) is 0. The van der Waals surface area contributed by atoms with E-state index in [4.69, 9.17) is 0 Å². The van der Waals surface area contributed by atoms with Crippen molar-refractivity contribution >= 4 is 21.2 Å². The number of aromatic nitrogens is 5. The van der Waals surface area contributed by atoms with Gasteiger partial charge in [0.2, 0.25) is 0 Å². The highest BCUT2D eigenvalue weighted by Crippen LogP contribution is 2.24. The zero-order valence-corrected chi connectivity index (χ0v) is 13.5. The highest BCUT2D eigenvalue weighted by atomic mass is 32.2. The SMILES string of the molecule is Cc1nc(CCn2nnc(C(C)(C)S(C)(=O)=O)n2)cs1. The first kappa shape index (κ1) is 15.0. The van der Waals surface area contributed by atoms with E-state index in [1.165, 1.54) is 11.1 Å². The van der Waals surface area contributed by atoms with E-state index in [-0.39, 0.29) is 5.82 Å². The van der Waals surface area contributed by atoms with Crippen LogP contribution in [0.15, 0.2) is 5.38 Å². The van der Waals surface area contributed by atoms with Gasteiger partial charge in [-0.2, -0.15) is 4.80 Å². The van der Waals surface area contributed by atoms with Gasteiger partial charge in [0.15, 0.2) is 15.7 Å². The van der Waals surface area contributed by atoms with Crippen LogP contribution in [0.3, 0.4) is 0 Å². The fourth-order valence-electron chi connectivity index (χ4n) is 1.48. The predicted octanol–water partition coefficient (Wildman–Crippen LogP) is 0.960. The molecule has 0 fully saturated rings. The Kier molecular flexibility index (Phi) is 3.92. The van der Waals surface area contributed by atoms with E-state index >= 15 is 0 Å². The minimum absolute atomic E-state index is 0.217. The molecule has 0 saturated heterocycles. The first-order valence-corrected chi connectivity index (χ1v) is 8.86. The second-order valence-corrected chi connectivity index (χ2v) is 8.73. The lowest BCUT2D eigenvalue weighted by Gasteiger charge is -2.17. The second-order valence-electron chi connectivity index (χ2n) is 5.10. The lowest BCUT2D eigenvalue weighted by Crippen LogP contribution is -2.29. The van der Waals surface area contributed by atoms with Gasteiger partial charge in [-0.05, 0) is 26.0 Å². The van der Waals surface area contributed by atoms with Gasteiger partial charge in [-0.25, -0.2) is 13.4 Å². The Bertz CT molecular complexity index is 702. The molecule has 0 bridgehead atoms.